The number of nitrogens with one attached hydrogen (secondary N) is 1. The first-order valence-electron chi connectivity index (χ1n) is 6.35. The molecular weight excluding hydrogens is 274 g/mol. The maximum Gasteiger partial charge on any atom is 0.334 e. The quantitative estimate of drug-likeness (QED) is 0.828. The minimum absolute atomic E-state index is 0.280. The van der Waals surface area contributed by atoms with Gasteiger partial charge in [-0.1, -0.05) is 12.1 Å². The first-order valence-corrected chi connectivity index (χ1v) is 7.23. The van der Waals surface area contributed by atoms with Crippen molar-refractivity contribution in [3.8, 4) is 5.75 Å². The molecule has 1 aromatic carbocycles. The van der Waals surface area contributed by atoms with Gasteiger partial charge in [-0.05, 0) is 30.5 Å². The average Bonchev–Trinajstić information content (AvgIpc) is 2.99. The van der Waals surface area contributed by atoms with E-state index in [1.165, 1.54) is 11.3 Å². The van der Waals surface area contributed by atoms with Crippen LogP contribution in [-0.4, -0.2) is 19.7 Å². The van der Waals surface area contributed by atoms with Crippen LogP contribution in [0.5, 0.6) is 5.75 Å². The maximum absolute atomic E-state index is 12.1. The van der Waals surface area contributed by atoms with Crippen molar-refractivity contribution in [2.24, 2.45) is 0 Å². The van der Waals surface area contributed by atoms with E-state index in [9.17, 15) is 4.79 Å². The van der Waals surface area contributed by atoms with Crippen LogP contribution in [0.25, 0.3) is 0 Å². The molecule has 0 saturated carbocycles. The minimum Gasteiger partial charge on any atom is -0.497 e. The summed E-state index contributed by atoms with van der Waals surface area (Å²) in [6, 6.07) is 10.8. The molecule has 0 amide bonds. The number of benzene rings is 1. The van der Waals surface area contributed by atoms with E-state index in [1.54, 1.807) is 14.0 Å². The monoisotopic (exact) mass is 291 g/mol. The molecule has 0 bridgehead atoms. The highest BCUT2D eigenvalue weighted by molar-refractivity contribution is 7.10. The average molecular weight is 291 g/mol. The summed E-state index contributed by atoms with van der Waals surface area (Å²) in [6.45, 7) is 2.16. The van der Waals surface area contributed by atoms with Gasteiger partial charge >= 0.3 is 5.97 Å². The number of anilines is 1. The van der Waals surface area contributed by atoms with Gasteiger partial charge in [0, 0.05) is 16.6 Å². The van der Waals surface area contributed by atoms with Gasteiger partial charge in [0.15, 0.2) is 6.04 Å². The first kappa shape index (κ1) is 14.4. The lowest BCUT2D eigenvalue weighted by Crippen LogP contribution is -2.22. The summed E-state index contributed by atoms with van der Waals surface area (Å²) in [6.07, 6.45) is 0. The number of ether oxygens (including phenoxy) is 2. The van der Waals surface area contributed by atoms with E-state index in [-0.39, 0.29) is 5.97 Å². The van der Waals surface area contributed by atoms with E-state index >= 15 is 0 Å². The Bertz CT molecular complexity index is 554. The Morgan fingerprint density at radius 2 is 2.20 bits per heavy atom. The van der Waals surface area contributed by atoms with Gasteiger partial charge in [0.2, 0.25) is 0 Å². The van der Waals surface area contributed by atoms with Crippen LogP contribution < -0.4 is 10.1 Å². The molecule has 1 aromatic heterocycles. The van der Waals surface area contributed by atoms with Crippen LogP contribution >= 0.6 is 11.3 Å². The summed E-state index contributed by atoms with van der Waals surface area (Å²) in [4.78, 5) is 13.0. The summed E-state index contributed by atoms with van der Waals surface area (Å²) in [5.74, 6) is 0.460. The molecule has 0 aliphatic rings. The van der Waals surface area contributed by atoms with Crippen LogP contribution in [0.3, 0.4) is 0 Å². The predicted octanol–water partition coefficient (Wildman–Crippen LogP) is 3.47. The van der Waals surface area contributed by atoms with Crippen molar-refractivity contribution in [3.63, 3.8) is 0 Å². The van der Waals surface area contributed by atoms with Gasteiger partial charge in [0.25, 0.3) is 0 Å². The van der Waals surface area contributed by atoms with Crippen molar-refractivity contribution in [1.82, 2.24) is 0 Å². The van der Waals surface area contributed by atoms with Gasteiger partial charge in [-0.3, -0.25) is 0 Å². The third kappa shape index (κ3) is 3.51. The molecule has 0 aliphatic heterocycles. The molecule has 0 spiro atoms. The molecule has 1 heterocycles. The number of esters is 1. The Morgan fingerprint density at radius 1 is 1.35 bits per heavy atom. The fourth-order valence-electron chi connectivity index (χ4n) is 1.81. The number of carbonyl (C=O) groups excluding carboxylic acids is 1. The van der Waals surface area contributed by atoms with Crippen molar-refractivity contribution in [2.45, 2.75) is 13.0 Å². The highest BCUT2D eigenvalue weighted by Gasteiger charge is 2.22. The molecule has 0 saturated heterocycles. The Hall–Kier alpha value is -2.01. The van der Waals surface area contributed by atoms with Gasteiger partial charge in [0.1, 0.15) is 5.75 Å². The first-order chi connectivity index (χ1) is 9.74. The third-order valence-corrected chi connectivity index (χ3v) is 3.67. The molecule has 106 valence electrons. The van der Waals surface area contributed by atoms with Gasteiger partial charge in [-0.2, -0.15) is 0 Å². The fourth-order valence-corrected chi connectivity index (χ4v) is 2.57. The number of thiophene rings is 1. The van der Waals surface area contributed by atoms with Crippen molar-refractivity contribution >= 4 is 23.0 Å². The van der Waals surface area contributed by atoms with Crippen molar-refractivity contribution in [2.75, 3.05) is 19.0 Å². The van der Waals surface area contributed by atoms with Crippen molar-refractivity contribution < 1.29 is 14.3 Å². The molecule has 0 aliphatic carbocycles. The van der Waals surface area contributed by atoms with E-state index in [1.807, 2.05) is 41.8 Å². The van der Waals surface area contributed by atoms with Crippen LogP contribution in [0.15, 0.2) is 41.8 Å². The largest absolute Gasteiger partial charge is 0.497 e. The number of rotatable bonds is 6. The standard InChI is InChI=1S/C15H17NO3S/c1-3-19-15(17)14(13-8-5-9-20-13)16-11-6-4-7-12(10-11)18-2/h4-10,14,16H,3H2,1-2H3. The van der Waals surface area contributed by atoms with Gasteiger partial charge in [-0.15, -0.1) is 11.3 Å². The van der Waals surface area contributed by atoms with Crippen LogP contribution in [0.4, 0.5) is 5.69 Å². The summed E-state index contributed by atoms with van der Waals surface area (Å²) in [5, 5.41) is 5.14. The van der Waals surface area contributed by atoms with Crippen LogP contribution in [0, 0.1) is 0 Å². The minimum atomic E-state index is -0.498. The topological polar surface area (TPSA) is 47.6 Å². The number of hydrogen-bond donors (Lipinski definition) is 1. The van der Waals surface area contributed by atoms with E-state index in [0.717, 1.165) is 16.3 Å². The fraction of sp³-hybridized carbons (Fsp3) is 0.267. The predicted molar refractivity (Wildman–Crippen MR) is 80.3 cm³/mol. The SMILES string of the molecule is CCOC(=O)C(Nc1cccc(OC)c1)c1cccs1. The zero-order valence-electron chi connectivity index (χ0n) is 11.5. The van der Waals surface area contributed by atoms with Crippen LogP contribution in [0.1, 0.15) is 17.8 Å². The molecule has 0 fully saturated rings. The van der Waals surface area contributed by atoms with Gasteiger partial charge in [-0.25, -0.2) is 4.79 Å². The van der Waals surface area contributed by atoms with Crippen molar-refractivity contribution in [1.29, 1.82) is 0 Å². The number of hydrogen-bond acceptors (Lipinski definition) is 5. The number of carbonyl (C=O) groups is 1. The summed E-state index contributed by atoms with van der Waals surface area (Å²) in [5.41, 5.74) is 0.816. The van der Waals surface area contributed by atoms with E-state index < -0.39 is 6.04 Å². The zero-order valence-corrected chi connectivity index (χ0v) is 12.3. The van der Waals surface area contributed by atoms with Crippen LogP contribution in [-0.2, 0) is 9.53 Å². The summed E-state index contributed by atoms with van der Waals surface area (Å²) in [7, 11) is 1.61. The lowest BCUT2D eigenvalue weighted by atomic mass is 10.2. The lowest BCUT2D eigenvalue weighted by molar-refractivity contribution is -0.144. The second-order valence-electron chi connectivity index (χ2n) is 4.08. The second-order valence-corrected chi connectivity index (χ2v) is 5.06. The summed E-state index contributed by atoms with van der Waals surface area (Å²) < 4.78 is 10.3. The smallest absolute Gasteiger partial charge is 0.334 e. The molecular formula is C15H17NO3S. The number of methoxy groups -OCH3 is 1. The molecule has 1 unspecified atom stereocenters. The molecule has 5 heteroatoms. The Balaban J connectivity index is 2.21. The summed E-state index contributed by atoms with van der Waals surface area (Å²) >= 11 is 1.52. The third-order valence-electron chi connectivity index (χ3n) is 2.73. The highest BCUT2D eigenvalue weighted by atomic mass is 32.1. The zero-order chi connectivity index (χ0) is 14.4. The maximum atomic E-state index is 12.1. The van der Waals surface area contributed by atoms with E-state index in [0.29, 0.717) is 6.61 Å². The lowest BCUT2D eigenvalue weighted by Gasteiger charge is -2.17. The Labute approximate surface area is 122 Å². The van der Waals surface area contributed by atoms with Gasteiger partial charge < -0.3 is 14.8 Å². The highest BCUT2D eigenvalue weighted by Crippen LogP contribution is 2.26. The Morgan fingerprint density at radius 3 is 2.85 bits per heavy atom. The molecule has 2 rings (SSSR count). The van der Waals surface area contributed by atoms with Crippen molar-refractivity contribution in [3.05, 3.63) is 46.7 Å². The second kappa shape index (κ2) is 6.96. The van der Waals surface area contributed by atoms with E-state index in [2.05, 4.69) is 5.32 Å². The molecule has 1 N–H and O–H groups in total. The van der Waals surface area contributed by atoms with Crippen LogP contribution in [0.2, 0.25) is 0 Å². The normalized spacial score (nSPS) is 11.7. The molecule has 2 aromatic rings. The molecule has 1 atom stereocenters. The van der Waals surface area contributed by atoms with E-state index in [4.69, 9.17) is 9.47 Å². The molecule has 4 nitrogen and oxygen atoms in total. The Kier molecular flexibility index (Phi) is 5.01. The molecule has 0 radical (unpaired) electrons. The molecule has 20 heavy (non-hydrogen) atoms. The van der Waals surface area contributed by atoms with Gasteiger partial charge in [0.05, 0.1) is 13.7 Å².